The van der Waals surface area contributed by atoms with Crippen LogP contribution in [-0.2, 0) is 0 Å². The van der Waals surface area contributed by atoms with E-state index in [1.165, 1.54) is 45.6 Å². The standard InChI is InChI=1S/C17H34N2/c1-13(2)19-10-15(4)17(16(5)11-19)12-18-8-6-14(3)7-9-18/h13-17H,6-12H2,1-5H3/t15-,16+,17?. The number of hydrogen-bond donors (Lipinski definition) is 0. The third-order valence-electron chi connectivity index (χ3n) is 5.58. The van der Waals surface area contributed by atoms with Crippen LogP contribution in [0.1, 0.15) is 47.5 Å². The van der Waals surface area contributed by atoms with E-state index in [2.05, 4.69) is 44.4 Å². The van der Waals surface area contributed by atoms with Gasteiger partial charge in [0.1, 0.15) is 0 Å². The van der Waals surface area contributed by atoms with Gasteiger partial charge in [-0.15, -0.1) is 0 Å². The first-order chi connectivity index (χ1) is 8.97. The fourth-order valence-corrected chi connectivity index (χ4v) is 3.97. The molecule has 0 aromatic carbocycles. The van der Waals surface area contributed by atoms with Gasteiger partial charge in [-0.3, -0.25) is 0 Å². The lowest BCUT2D eigenvalue weighted by Gasteiger charge is -2.45. The average molecular weight is 266 g/mol. The lowest BCUT2D eigenvalue weighted by Crippen LogP contribution is -2.51. The summed E-state index contributed by atoms with van der Waals surface area (Å²) in [4.78, 5) is 5.41. The highest BCUT2D eigenvalue weighted by Crippen LogP contribution is 2.31. The average Bonchev–Trinajstić information content (AvgIpc) is 2.35. The molecule has 0 aliphatic carbocycles. The van der Waals surface area contributed by atoms with Crippen LogP contribution in [-0.4, -0.2) is 48.6 Å². The quantitative estimate of drug-likeness (QED) is 0.773. The van der Waals surface area contributed by atoms with Gasteiger partial charge in [0.2, 0.25) is 0 Å². The van der Waals surface area contributed by atoms with Crippen LogP contribution in [0, 0.1) is 23.7 Å². The molecule has 2 heteroatoms. The monoisotopic (exact) mass is 266 g/mol. The second-order valence-corrected chi connectivity index (χ2v) is 7.65. The van der Waals surface area contributed by atoms with Crippen molar-refractivity contribution in [3.63, 3.8) is 0 Å². The molecule has 2 fully saturated rings. The van der Waals surface area contributed by atoms with Crippen LogP contribution in [0.15, 0.2) is 0 Å². The third kappa shape index (κ3) is 3.95. The molecule has 2 saturated heterocycles. The predicted molar refractivity (Wildman–Crippen MR) is 83.4 cm³/mol. The van der Waals surface area contributed by atoms with Crippen LogP contribution in [0.5, 0.6) is 0 Å². The molecule has 112 valence electrons. The minimum Gasteiger partial charge on any atom is -0.303 e. The largest absolute Gasteiger partial charge is 0.303 e. The Bertz CT molecular complexity index is 256. The van der Waals surface area contributed by atoms with Gasteiger partial charge in [-0.05, 0) is 63.5 Å². The van der Waals surface area contributed by atoms with Crippen molar-refractivity contribution in [2.45, 2.75) is 53.5 Å². The summed E-state index contributed by atoms with van der Waals surface area (Å²) in [5, 5.41) is 0. The first kappa shape index (κ1) is 15.3. The van der Waals surface area contributed by atoms with Crippen LogP contribution >= 0.6 is 0 Å². The van der Waals surface area contributed by atoms with Crippen molar-refractivity contribution in [2.75, 3.05) is 32.7 Å². The number of rotatable bonds is 3. The van der Waals surface area contributed by atoms with E-state index in [9.17, 15) is 0 Å². The van der Waals surface area contributed by atoms with E-state index in [1.807, 2.05) is 0 Å². The minimum atomic E-state index is 0.710. The van der Waals surface area contributed by atoms with Gasteiger partial charge in [-0.1, -0.05) is 20.8 Å². The van der Waals surface area contributed by atoms with Gasteiger partial charge in [0.25, 0.3) is 0 Å². The molecule has 0 N–H and O–H groups in total. The summed E-state index contributed by atoms with van der Waals surface area (Å²) in [6.07, 6.45) is 2.82. The lowest BCUT2D eigenvalue weighted by molar-refractivity contribution is 0.0295. The van der Waals surface area contributed by atoms with Crippen LogP contribution in [0.2, 0.25) is 0 Å². The van der Waals surface area contributed by atoms with Gasteiger partial charge < -0.3 is 9.80 Å². The van der Waals surface area contributed by atoms with E-state index in [0.717, 1.165) is 23.7 Å². The summed E-state index contributed by atoms with van der Waals surface area (Å²) in [7, 11) is 0. The highest BCUT2D eigenvalue weighted by molar-refractivity contribution is 4.86. The Morgan fingerprint density at radius 3 is 1.95 bits per heavy atom. The molecule has 0 spiro atoms. The fourth-order valence-electron chi connectivity index (χ4n) is 3.97. The molecule has 2 aliphatic rings. The van der Waals surface area contributed by atoms with Crippen molar-refractivity contribution in [3.05, 3.63) is 0 Å². The van der Waals surface area contributed by atoms with Crippen molar-refractivity contribution in [1.29, 1.82) is 0 Å². The molecular formula is C17H34N2. The summed E-state index contributed by atoms with van der Waals surface area (Å²) in [6.45, 7) is 18.7. The molecule has 0 aromatic heterocycles. The van der Waals surface area contributed by atoms with Crippen LogP contribution in [0.25, 0.3) is 0 Å². The Labute approximate surface area is 120 Å². The summed E-state index contributed by atoms with van der Waals surface area (Å²) in [5.74, 6) is 3.56. The Morgan fingerprint density at radius 2 is 1.47 bits per heavy atom. The second-order valence-electron chi connectivity index (χ2n) is 7.65. The molecule has 2 nitrogen and oxygen atoms in total. The van der Waals surface area contributed by atoms with E-state index in [0.29, 0.717) is 6.04 Å². The zero-order valence-electron chi connectivity index (χ0n) is 13.7. The Balaban J connectivity index is 1.86. The zero-order valence-corrected chi connectivity index (χ0v) is 13.7. The van der Waals surface area contributed by atoms with Crippen LogP contribution in [0.4, 0.5) is 0 Å². The van der Waals surface area contributed by atoms with E-state index in [1.54, 1.807) is 0 Å². The molecule has 2 heterocycles. The highest BCUT2D eigenvalue weighted by Gasteiger charge is 2.34. The van der Waals surface area contributed by atoms with Crippen molar-refractivity contribution in [3.8, 4) is 0 Å². The Hall–Kier alpha value is -0.0800. The molecular weight excluding hydrogens is 232 g/mol. The van der Waals surface area contributed by atoms with E-state index in [-0.39, 0.29) is 0 Å². The molecule has 0 aromatic rings. The number of piperidine rings is 2. The normalized spacial score (nSPS) is 36.0. The Morgan fingerprint density at radius 1 is 0.947 bits per heavy atom. The number of nitrogens with zero attached hydrogens (tertiary/aromatic N) is 2. The lowest BCUT2D eigenvalue weighted by atomic mass is 9.78. The van der Waals surface area contributed by atoms with Crippen molar-refractivity contribution < 1.29 is 0 Å². The first-order valence-electron chi connectivity index (χ1n) is 8.43. The van der Waals surface area contributed by atoms with Crippen molar-refractivity contribution >= 4 is 0 Å². The molecule has 2 rings (SSSR count). The maximum absolute atomic E-state index is 2.74. The van der Waals surface area contributed by atoms with Crippen LogP contribution < -0.4 is 0 Å². The first-order valence-corrected chi connectivity index (χ1v) is 8.43. The zero-order chi connectivity index (χ0) is 14.0. The minimum absolute atomic E-state index is 0.710. The van der Waals surface area contributed by atoms with Gasteiger partial charge in [-0.2, -0.15) is 0 Å². The van der Waals surface area contributed by atoms with E-state index < -0.39 is 0 Å². The maximum atomic E-state index is 2.74. The number of hydrogen-bond acceptors (Lipinski definition) is 2. The molecule has 1 unspecified atom stereocenters. The summed E-state index contributed by atoms with van der Waals surface area (Å²) in [5.41, 5.74) is 0. The smallest absolute Gasteiger partial charge is 0.00388 e. The molecule has 0 amide bonds. The van der Waals surface area contributed by atoms with E-state index in [4.69, 9.17) is 0 Å². The van der Waals surface area contributed by atoms with Gasteiger partial charge >= 0.3 is 0 Å². The van der Waals surface area contributed by atoms with Crippen molar-refractivity contribution in [1.82, 2.24) is 9.80 Å². The fraction of sp³-hybridized carbons (Fsp3) is 1.00. The van der Waals surface area contributed by atoms with E-state index >= 15 is 0 Å². The third-order valence-corrected chi connectivity index (χ3v) is 5.58. The molecule has 0 saturated carbocycles. The van der Waals surface area contributed by atoms with Crippen LogP contribution in [0.3, 0.4) is 0 Å². The van der Waals surface area contributed by atoms with Gasteiger partial charge in [-0.25, -0.2) is 0 Å². The predicted octanol–water partition coefficient (Wildman–Crippen LogP) is 3.33. The maximum Gasteiger partial charge on any atom is 0.00388 e. The van der Waals surface area contributed by atoms with Gasteiger partial charge in [0.15, 0.2) is 0 Å². The van der Waals surface area contributed by atoms with Gasteiger partial charge in [0, 0.05) is 25.7 Å². The Kier molecular flexibility index (Phi) is 5.30. The van der Waals surface area contributed by atoms with Crippen molar-refractivity contribution in [2.24, 2.45) is 23.7 Å². The molecule has 3 atom stereocenters. The molecule has 0 radical (unpaired) electrons. The molecule has 19 heavy (non-hydrogen) atoms. The number of likely N-dealkylation sites (tertiary alicyclic amines) is 2. The van der Waals surface area contributed by atoms with Gasteiger partial charge in [0.05, 0.1) is 0 Å². The topological polar surface area (TPSA) is 6.48 Å². The summed E-state index contributed by atoms with van der Waals surface area (Å²) in [6, 6.07) is 0.710. The summed E-state index contributed by atoms with van der Waals surface area (Å²) < 4.78 is 0. The SMILES string of the molecule is CC1CCN(CC2[C@H](C)CN(C(C)C)C[C@@H]2C)CC1. The highest BCUT2D eigenvalue weighted by atomic mass is 15.2. The second kappa shape index (κ2) is 6.58. The summed E-state index contributed by atoms with van der Waals surface area (Å²) >= 11 is 0. The molecule has 0 bridgehead atoms. The molecule has 2 aliphatic heterocycles.